The number of rotatable bonds is 4. The van der Waals surface area contributed by atoms with Crippen LogP contribution in [0.25, 0.3) is 5.76 Å². The van der Waals surface area contributed by atoms with Gasteiger partial charge >= 0.3 is 0 Å². The molecule has 1 aromatic heterocycles. The summed E-state index contributed by atoms with van der Waals surface area (Å²) in [5.74, 6) is -2.08. The number of ketones is 1. The van der Waals surface area contributed by atoms with Crippen LogP contribution in [0.1, 0.15) is 17.2 Å². The van der Waals surface area contributed by atoms with Gasteiger partial charge in [0, 0.05) is 23.9 Å². The van der Waals surface area contributed by atoms with E-state index in [0.29, 0.717) is 16.8 Å². The summed E-state index contributed by atoms with van der Waals surface area (Å²) in [7, 11) is 0. The number of aliphatic hydroxyl groups is 1. The van der Waals surface area contributed by atoms with Gasteiger partial charge in [0.25, 0.3) is 17.4 Å². The molecule has 0 saturated carbocycles. The molecule has 3 aromatic rings. The molecular formula is C22H15N3O5. The molecule has 0 radical (unpaired) electrons. The molecule has 8 heteroatoms. The number of pyridine rings is 1. The molecule has 4 rings (SSSR count). The lowest BCUT2D eigenvalue weighted by Gasteiger charge is -2.25. The fraction of sp³-hybridized carbons (Fsp3) is 0.0455. The van der Waals surface area contributed by atoms with Gasteiger partial charge in [-0.2, -0.15) is 0 Å². The van der Waals surface area contributed by atoms with Gasteiger partial charge in [0.15, 0.2) is 0 Å². The van der Waals surface area contributed by atoms with E-state index < -0.39 is 22.7 Å². The summed E-state index contributed by atoms with van der Waals surface area (Å²) in [6.07, 6.45) is 2.93. The quantitative estimate of drug-likeness (QED) is 0.235. The minimum absolute atomic E-state index is 0.143. The standard InChI is InChI=1S/C22H15N3O5/c26-20(14-6-2-1-3-7-14)18-19(15-8-4-9-16(12-15)25(29)30)24(22(28)21(18)27)17-10-5-11-23-13-17/h1-13,19,26H/b20-18+/t19-/m1/s1. The summed E-state index contributed by atoms with van der Waals surface area (Å²) >= 11 is 0. The van der Waals surface area contributed by atoms with Crippen molar-refractivity contribution in [2.45, 2.75) is 6.04 Å². The highest BCUT2D eigenvalue weighted by Gasteiger charge is 2.47. The van der Waals surface area contributed by atoms with Gasteiger partial charge in [0.05, 0.1) is 28.4 Å². The van der Waals surface area contributed by atoms with E-state index in [1.54, 1.807) is 48.5 Å². The first kappa shape index (κ1) is 19.0. The van der Waals surface area contributed by atoms with Crippen molar-refractivity contribution in [1.29, 1.82) is 0 Å². The lowest BCUT2D eigenvalue weighted by atomic mass is 9.95. The van der Waals surface area contributed by atoms with Crippen LogP contribution in [0.3, 0.4) is 0 Å². The Balaban J connectivity index is 1.97. The van der Waals surface area contributed by atoms with E-state index in [4.69, 9.17) is 0 Å². The fourth-order valence-corrected chi connectivity index (χ4v) is 3.47. The van der Waals surface area contributed by atoms with Crippen LogP contribution in [0, 0.1) is 10.1 Å². The Morgan fingerprint density at radius 3 is 2.47 bits per heavy atom. The summed E-state index contributed by atoms with van der Waals surface area (Å²) in [5, 5.41) is 22.2. The van der Waals surface area contributed by atoms with E-state index in [0.717, 1.165) is 0 Å². The van der Waals surface area contributed by atoms with Gasteiger partial charge in [-0.05, 0) is 17.7 Å². The van der Waals surface area contributed by atoms with Gasteiger partial charge in [-0.1, -0.05) is 42.5 Å². The Bertz CT molecular complexity index is 1180. The van der Waals surface area contributed by atoms with Crippen molar-refractivity contribution < 1.29 is 19.6 Å². The minimum atomic E-state index is -1.05. The number of benzene rings is 2. The van der Waals surface area contributed by atoms with E-state index in [9.17, 15) is 24.8 Å². The van der Waals surface area contributed by atoms with Crippen LogP contribution < -0.4 is 4.90 Å². The lowest BCUT2D eigenvalue weighted by Crippen LogP contribution is -2.29. The first-order chi connectivity index (χ1) is 14.5. The average molecular weight is 401 g/mol. The summed E-state index contributed by atoms with van der Waals surface area (Å²) in [6, 6.07) is 16.2. The molecule has 1 fully saturated rings. The summed E-state index contributed by atoms with van der Waals surface area (Å²) in [6.45, 7) is 0. The number of nitrogens with zero attached hydrogens (tertiary/aromatic N) is 3. The smallest absolute Gasteiger partial charge is 0.300 e. The average Bonchev–Trinajstić information content (AvgIpc) is 3.05. The maximum atomic E-state index is 12.9. The number of aromatic nitrogens is 1. The van der Waals surface area contributed by atoms with E-state index in [1.807, 2.05) is 0 Å². The first-order valence-corrected chi connectivity index (χ1v) is 9.00. The normalized spacial score (nSPS) is 17.9. The van der Waals surface area contributed by atoms with E-state index in [1.165, 1.54) is 35.5 Å². The van der Waals surface area contributed by atoms with Crippen molar-refractivity contribution in [3.63, 3.8) is 0 Å². The highest BCUT2D eigenvalue weighted by molar-refractivity contribution is 6.51. The Hall–Kier alpha value is -4.33. The fourth-order valence-electron chi connectivity index (χ4n) is 3.47. The zero-order valence-electron chi connectivity index (χ0n) is 15.5. The van der Waals surface area contributed by atoms with Crippen molar-refractivity contribution >= 4 is 28.8 Å². The maximum Gasteiger partial charge on any atom is 0.300 e. The van der Waals surface area contributed by atoms with E-state index >= 15 is 0 Å². The van der Waals surface area contributed by atoms with Crippen molar-refractivity contribution in [1.82, 2.24) is 4.98 Å². The molecule has 1 saturated heterocycles. The first-order valence-electron chi connectivity index (χ1n) is 9.00. The molecule has 2 aromatic carbocycles. The molecule has 1 aliphatic rings. The summed E-state index contributed by atoms with van der Waals surface area (Å²) in [5.41, 5.74) is 0.685. The van der Waals surface area contributed by atoms with Crippen LogP contribution in [-0.2, 0) is 9.59 Å². The van der Waals surface area contributed by atoms with Gasteiger partial charge in [-0.3, -0.25) is 29.6 Å². The maximum absolute atomic E-state index is 12.9. The number of Topliss-reactive ketones (excluding diaryl/α,β-unsaturated/α-hetero) is 1. The third-order valence-electron chi connectivity index (χ3n) is 4.81. The third kappa shape index (κ3) is 3.20. The number of non-ortho nitro benzene ring substituents is 1. The molecule has 1 aliphatic heterocycles. The second kappa shape index (κ2) is 7.59. The Labute approximate surface area is 170 Å². The number of carbonyl (C=O) groups is 2. The van der Waals surface area contributed by atoms with Gasteiger partial charge < -0.3 is 5.11 Å². The van der Waals surface area contributed by atoms with Crippen molar-refractivity contribution in [2.24, 2.45) is 0 Å². The molecule has 0 bridgehead atoms. The van der Waals surface area contributed by atoms with Gasteiger partial charge in [0.1, 0.15) is 5.76 Å². The highest BCUT2D eigenvalue weighted by Crippen LogP contribution is 2.42. The topological polar surface area (TPSA) is 114 Å². The van der Waals surface area contributed by atoms with Gasteiger partial charge in [-0.25, -0.2) is 0 Å². The second-order valence-electron chi connectivity index (χ2n) is 6.60. The SMILES string of the molecule is O=C1C(=O)N(c2cccnc2)[C@H](c2cccc([N+](=O)[O-])c2)/C1=C(\O)c1ccccc1. The van der Waals surface area contributed by atoms with E-state index in [2.05, 4.69) is 4.98 Å². The Morgan fingerprint density at radius 2 is 1.80 bits per heavy atom. The summed E-state index contributed by atoms with van der Waals surface area (Å²) < 4.78 is 0. The Morgan fingerprint density at radius 1 is 1.03 bits per heavy atom. The molecule has 1 N–H and O–H groups in total. The molecule has 1 amide bonds. The number of anilines is 1. The number of nitro benzene ring substituents is 1. The molecule has 2 heterocycles. The molecule has 0 unspecified atom stereocenters. The second-order valence-corrected chi connectivity index (χ2v) is 6.60. The largest absolute Gasteiger partial charge is 0.507 e. The van der Waals surface area contributed by atoms with Crippen LogP contribution in [0.4, 0.5) is 11.4 Å². The summed E-state index contributed by atoms with van der Waals surface area (Å²) in [4.78, 5) is 41.8. The van der Waals surface area contributed by atoms with Gasteiger partial charge in [0.2, 0.25) is 0 Å². The predicted molar refractivity (Wildman–Crippen MR) is 109 cm³/mol. The molecule has 30 heavy (non-hydrogen) atoms. The van der Waals surface area contributed by atoms with Crippen LogP contribution in [-0.4, -0.2) is 26.7 Å². The highest BCUT2D eigenvalue weighted by atomic mass is 16.6. The number of hydrogen-bond donors (Lipinski definition) is 1. The van der Waals surface area contributed by atoms with Crippen LogP contribution in [0.5, 0.6) is 0 Å². The minimum Gasteiger partial charge on any atom is -0.507 e. The molecule has 0 aliphatic carbocycles. The van der Waals surface area contributed by atoms with Crippen molar-refractivity contribution in [3.05, 3.63) is 106 Å². The molecule has 148 valence electrons. The Kier molecular flexibility index (Phi) is 4.81. The van der Waals surface area contributed by atoms with E-state index in [-0.39, 0.29) is 17.0 Å². The number of aliphatic hydroxyl groups excluding tert-OH is 1. The third-order valence-corrected chi connectivity index (χ3v) is 4.81. The zero-order chi connectivity index (χ0) is 21.3. The van der Waals surface area contributed by atoms with Crippen LogP contribution in [0.15, 0.2) is 84.7 Å². The molecule has 0 spiro atoms. The number of amides is 1. The predicted octanol–water partition coefficient (Wildman–Crippen LogP) is 3.62. The monoisotopic (exact) mass is 401 g/mol. The lowest BCUT2D eigenvalue weighted by molar-refractivity contribution is -0.384. The van der Waals surface area contributed by atoms with Gasteiger partial charge in [-0.15, -0.1) is 0 Å². The zero-order valence-corrected chi connectivity index (χ0v) is 15.5. The molecule has 1 atom stereocenters. The number of nitro groups is 1. The number of hydrogen-bond acceptors (Lipinski definition) is 6. The number of carbonyl (C=O) groups excluding carboxylic acids is 2. The van der Waals surface area contributed by atoms with Crippen molar-refractivity contribution in [3.8, 4) is 0 Å². The van der Waals surface area contributed by atoms with Crippen molar-refractivity contribution in [2.75, 3.05) is 4.90 Å². The molecule has 8 nitrogen and oxygen atoms in total. The molecular weight excluding hydrogens is 386 g/mol. The van der Waals surface area contributed by atoms with Crippen LogP contribution in [0.2, 0.25) is 0 Å². The van der Waals surface area contributed by atoms with Crippen LogP contribution >= 0.6 is 0 Å².